The molecule has 0 N–H and O–H groups in total. The van der Waals surface area contributed by atoms with Crippen LogP contribution < -0.4 is 4.90 Å². The summed E-state index contributed by atoms with van der Waals surface area (Å²) in [6.07, 6.45) is 0.238. The predicted molar refractivity (Wildman–Crippen MR) is 94.3 cm³/mol. The first-order valence-electron chi connectivity index (χ1n) is 8.15. The number of hydrogen-bond acceptors (Lipinski definition) is 2. The maximum absolute atomic E-state index is 12.4. The fourth-order valence-corrected chi connectivity index (χ4v) is 2.38. The maximum Gasteiger partial charge on any atom is 0.239 e. The standard InChI is InChI=1S/C16H12NO2.2C2H6.Y/c18-15-11-14(12-7-3-1-4-8-12)16(19)17(15)13-9-5-2-6-10-13;2*1-2;/h1,3-10,14H,11H2;2*1-2H3;/q-1;;;. The molecule has 0 aliphatic carbocycles. The zero-order chi connectivity index (χ0) is 17.2. The van der Waals surface area contributed by atoms with Gasteiger partial charge in [0, 0.05) is 39.1 Å². The molecular weight excluding hydrogens is 375 g/mol. The quantitative estimate of drug-likeness (QED) is 0.548. The third-order valence-electron chi connectivity index (χ3n) is 3.31. The van der Waals surface area contributed by atoms with Crippen molar-refractivity contribution in [1.29, 1.82) is 0 Å². The van der Waals surface area contributed by atoms with Crippen molar-refractivity contribution in [3.05, 3.63) is 66.2 Å². The second-order valence-electron chi connectivity index (χ2n) is 4.49. The molecule has 1 aliphatic rings. The van der Waals surface area contributed by atoms with Crippen molar-refractivity contribution in [3.63, 3.8) is 0 Å². The van der Waals surface area contributed by atoms with Gasteiger partial charge in [-0.15, -0.1) is 12.1 Å². The van der Waals surface area contributed by atoms with Crippen LogP contribution in [-0.4, -0.2) is 11.8 Å². The third-order valence-corrected chi connectivity index (χ3v) is 3.31. The van der Waals surface area contributed by atoms with Crippen molar-refractivity contribution >= 4 is 17.5 Å². The van der Waals surface area contributed by atoms with E-state index in [4.69, 9.17) is 0 Å². The molecule has 1 heterocycles. The van der Waals surface area contributed by atoms with Crippen molar-refractivity contribution in [2.24, 2.45) is 0 Å². The third kappa shape index (κ3) is 5.36. The molecule has 0 bridgehead atoms. The summed E-state index contributed by atoms with van der Waals surface area (Å²) in [6, 6.07) is 19.2. The monoisotopic (exact) mass is 399 g/mol. The molecule has 0 aromatic heterocycles. The van der Waals surface area contributed by atoms with Crippen LogP contribution in [0.2, 0.25) is 0 Å². The largest absolute Gasteiger partial charge is 0.274 e. The fraction of sp³-hybridized carbons (Fsp3) is 0.300. The van der Waals surface area contributed by atoms with E-state index in [2.05, 4.69) is 6.07 Å². The van der Waals surface area contributed by atoms with E-state index in [1.807, 2.05) is 58.0 Å². The Labute approximate surface area is 170 Å². The van der Waals surface area contributed by atoms with Gasteiger partial charge in [-0.3, -0.25) is 14.5 Å². The number of rotatable bonds is 2. The minimum Gasteiger partial charge on any atom is -0.274 e. The molecule has 24 heavy (non-hydrogen) atoms. The Hall–Kier alpha value is -1.32. The molecule has 1 aliphatic heterocycles. The van der Waals surface area contributed by atoms with Crippen LogP contribution in [0.5, 0.6) is 0 Å². The van der Waals surface area contributed by atoms with Gasteiger partial charge >= 0.3 is 0 Å². The topological polar surface area (TPSA) is 37.4 Å². The van der Waals surface area contributed by atoms with Crippen LogP contribution in [-0.2, 0) is 42.3 Å². The zero-order valence-electron chi connectivity index (χ0n) is 14.8. The van der Waals surface area contributed by atoms with Gasteiger partial charge in [-0.25, -0.2) is 0 Å². The molecule has 2 amide bonds. The van der Waals surface area contributed by atoms with Gasteiger partial charge in [-0.2, -0.15) is 18.2 Å². The van der Waals surface area contributed by atoms with Crippen molar-refractivity contribution in [2.45, 2.75) is 40.0 Å². The SMILES string of the molecule is CC.CC.O=C1CC(c2ccccc2)C(=O)N1c1cc[c-]cc1.[Y]. The van der Waals surface area contributed by atoms with E-state index in [0.717, 1.165) is 5.56 Å². The molecule has 1 radical (unpaired) electrons. The Kier molecular flexibility index (Phi) is 11.4. The van der Waals surface area contributed by atoms with Crippen molar-refractivity contribution in [3.8, 4) is 0 Å². The van der Waals surface area contributed by atoms with Gasteiger partial charge < -0.3 is 0 Å². The van der Waals surface area contributed by atoms with Gasteiger partial charge in [-0.05, 0) is 5.56 Å². The second kappa shape index (κ2) is 12.1. The number of anilines is 1. The molecule has 0 spiro atoms. The van der Waals surface area contributed by atoms with Crippen LogP contribution in [0.25, 0.3) is 0 Å². The summed E-state index contributed by atoms with van der Waals surface area (Å²) in [5, 5.41) is 0. The second-order valence-corrected chi connectivity index (χ2v) is 4.49. The van der Waals surface area contributed by atoms with E-state index in [1.165, 1.54) is 4.90 Å². The molecule has 1 saturated heterocycles. The fourth-order valence-electron chi connectivity index (χ4n) is 2.38. The summed E-state index contributed by atoms with van der Waals surface area (Å²) in [4.78, 5) is 25.7. The first-order chi connectivity index (χ1) is 11.3. The van der Waals surface area contributed by atoms with Gasteiger partial charge in [0.25, 0.3) is 0 Å². The van der Waals surface area contributed by atoms with Gasteiger partial charge in [0.05, 0.1) is 5.92 Å². The Balaban J connectivity index is 0.000000987. The molecule has 0 saturated carbocycles. The van der Waals surface area contributed by atoms with E-state index in [-0.39, 0.29) is 56.9 Å². The summed E-state index contributed by atoms with van der Waals surface area (Å²) in [5.41, 5.74) is 1.51. The van der Waals surface area contributed by atoms with E-state index >= 15 is 0 Å². The Morgan fingerprint density at radius 1 is 0.917 bits per heavy atom. The van der Waals surface area contributed by atoms with E-state index < -0.39 is 0 Å². The van der Waals surface area contributed by atoms with Crippen molar-refractivity contribution in [1.82, 2.24) is 0 Å². The first kappa shape index (κ1) is 22.7. The van der Waals surface area contributed by atoms with Crippen LogP contribution in [0.4, 0.5) is 5.69 Å². The number of nitrogens with zero attached hydrogens (tertiary/aromatic N) is 1. The Bertz CT molecular complexity index is 614. The molecule has 2 aromatic rings. The maximum atomic E-state index is 12.4. The van der Waals surface area contributed by atoms with Crippen LogP contribution in [0, 0.1) is 6.07 Å². The van der Waals surface area contributed by atoms with Gasteiger partial charge in [0.15, 0.2) is 0 Å². The summed E-state index contributed by atoms with van der Waals surface area (Å²) in [5.74, 6) is -0.662. The average Bonchev–Trinajstić information content (AvgIpc) is 2.94. The number of benzene rings is 2. The number of carbonyl (C=O) groups is 2. The van der Waals surface area contributed by atoms with Crippen LogP contribution in [0.3, 0.4) is 0 Å². The van der Waals surface area contributed by atoms with Crippen LogP contribution in [0.1, 0.15) is 45.6 Å². The Morgan fingerprint density at radius 2 is 1.46 bits per heavy atom. The molecule has 4 heteroatoms. The van der Waals surface area contributed by atoms with E-state index in [0.29, 0.717) is 5.69 Å². The zero-order valence-corrected chi connectivity index (χ0v) is 17.7. The van der Waals surface area contributed by atoms with Crippen molar-refractivity contribution < 1.29 is 42.3 Å². The molecular formula is C20H24NO2Y-. The molecule has 1 atom stereocenters. The summed E-state index contributed by atoms with van der Waals surface area (Å²) in [6.45, 7) is 8.00. The summed E-state index contributed by atoms with van der Waals surface area (Å²) >= 11 is 0. The van der Waals surface area contributed by atoms with Gasteiger partial charge in [-0.1, -0.05) is 63.7 Å². The summed E-state index contributed by atoms with van der Waals surface area (Å²) < 4.78 is 0. The molecule has 3 nitrogen and oxygen atoms in total. The number of hydrogen-bond donors (Lipinski definition) is 0. The summed E-state index contributed by atoms with van der Waals surface area (Å²) in [7, 11) is 0. The predicted octanol–water partition coefficient (Wildman–Crippen LogP) is 4.58. The number of amides is 2. The molecule has 2 aromatic carbocycles. The molecule has 1 unspecified atom stereocenters. The van der Waals surface area contributed by atoms with Crippen LogP contribution in [0.15, 0.2) is 54.6 Å². The van der Waals surface area contributed by atoms with Gasteiger partial charge in [0.1, 0.15) is 0 Å². The van der Waals surface area contributed by atoms with E-state index in [9.17, 15) is 9.59 Å². The molecule has 3 rings (SSSR count). The minimum absolute atomic E-state index is 0. The molecule has 1 fully saturated rings. The van der Waals surface area contributed by atoms with Crippen molar-refractivity contribution in [2.75, 3.05) is 4.90 Å². The average molecular weight is 399 g/mol. The smallest absolute Gasteiger partial charge is 0.239 e. The normalized spacial score (nSPS) is 15.5. The Morgan fingerprint density at radius 3 is 2.00 bits per heavy atom. The van der Waals surface area contributed by atoms with E-state index in [1.54, 1.807) is 24.3 Å². The van der Waals surface area contributed by atoms with Gasteiger partial charge in [0.2, 0.25) is 11.8 Å². The first-order valence-corrected chi connectivity index (χ1v) is 8.15. The number of imide groups is 1. The number of carbonyl (C=O) groups excluding carboxylic acids is 2. The molecule has 125 valence electrons. The van der Waals surface area contributed by atoms with Crippen LogP contribution >= 0.6 is 0 Å². The minimum atomic E-state index is -0.363.